The fraction of sp³-hybridized carbons (Fsp3) is 0.533. The summed E-state index contributed by atoms with van der Waals surface area (Å²) in [5.41, 5.74) is 0.808. The Morgan fingerprint density at radius 1 is 1.15 bits per heavy atom. The summed E-state index contributed by atoms with van der Waals surface area (Å²) in [7, 11) is 0. The average Bonchev–Trinajstić information content (AvgIpc) is 2.43. The third kappa shape index (κ3) is 7.51. The lowest BCUT2D eigenvalue weighted by atomic mass is 10.1. The largest absolute Gasteiger partial charge is 0.356 e. The number of hydrogen-bond acceptors (Lipinski definition) is 3. The molecule has 0 aliphatic heterocycles. The fourth-order valence-electron chi connectivity index (χ4n) is 1.60. The summed E-state index contributed by atoms with van der Waals surface area (Å²) in [6.07, 6.45) is 3.08. The molecule has 0 saturated heterocycles. The number of carbonyl (C=O) groups excluding carboxylic acids is 2. The Balaban J connectivity index is 2.12. The van der Waals surface area contributed by atoms with E-state index >= 15 is 0 Å². The molecule has 0 atom stereocenters. The van der Waals surface area contributed by atoms with E-state index in [0.717, 1.165) is 12.1 Å². The Hall–Kier alpha value is -1.91. The van der Waals surface area contributed by atoms with Gasteiger partial charge in [0.15, 0.2) is 0 Å². The maximum atomic E-state index is 11.6. The van der Waals surface area contributed by atoms with E-state index in [9.17, 15) is 9.59 Å². The van der Waals surface area contributed by atoms with E-state index in [2.05, 4.69) is 29.5 Å². The minimum absolute atomic E-state index is 0.0707. The zero-order valence-electron chi connectivity index (χ0n) is 12.2. The molecule has 0 aliphatic carbocycles. The van der Waals surface area contributed by atoms with Gasteiger partial charge in [-0.05, 0) is 24.5 Å². The number of amides is 2. The molecule has 0 unspecified atom stereocenters. The maximum absolute atomic E-state index is 11.6. The molecule has 5 nitrogen and oxygen atoms in total. The van der Waals surface area contributed by atoms with Crippen molar-refractivity contribution >= 4 is 11.8 Å². The number of pyridine rings is 1. The van der Waals surface area contributed by atoms with E-state index in [1.807, 2.05) is 18.2 Å². The molecule has 1 heterocycles. The van der Waals surface area contributed by atoms with E-state index in [1.165, 1.54) is 0 Å². The van der Waals surface area contributed by atoms with E-state index in [1.54, 1.807) is 6.20 Å². The quantitative estimate of drug-likeness (QED) is 0.759. The SMILES string of the molecule is CC(C)CCNC(=O)CCC(=O)NCc1ccccn1. The molecule has 0 spiro atoms. The van der Waals surface area contributed by atoms with Crippen LogP contribution in [0.4, 0.5) is 0 Å². The third-order valence-electron chi connectivity index (χ3n) is 2.82. The van der Waals surface area contributed by atoms with Gasteiger partial charge in [0.1, 0.15) is 0 Å². The van der Waals surface area contributed by atoms with Gasteiger partial charge in [-0.1, -0.05) is 19.9 Å². The number of rotatable bonds is 8. The molecule has 5 heteroatoms. The van der Waals surface area contributed by atoms with Gasteiger partial charge < -0.3 is 10.6 Å². The van der Waals surface area contributed by atoms with Gasteiger partial charge in [-0.15, -0.1) is 0 Å². The maximum Gasteiger partial charge on any atom is 0.220 e. The van der Waals surface area contributed by atoms with Crippen molar-refractivity contribution in [1.82, 2.24) is 15.6 Å². The molecule has 0 aliphatic rings. The molecule has 20 heavy (non-hydrogen) atoms. The summed E-state index contributed by atoms with van der Waals surface area (Å²) in [4.78, 5) is 27.2. The highest BCUT2D eigenvalue weighted by Crippen LogP contribution is 1.97. The first-order valence-corrected chi connectivity index (χ1v) is 7.01. The van der Waals surface area contributed by atoms with E-state index in [-0.39, 0.29) is 24.7 Å². The van der Waals surface area contributed by atoms with Crippen LogP contribution in [-0.4, -0.2) is 23.3 Å². The highest BCUT2D eigenvalue weighted by molar-refractivity contribution is 5.83. The molecule has 0 aromatic carbocycles. The lowest BCUT2D eigenvalue weighted by molar-refractivity contribution is -0.126. The Kier molecular flexibility index (Phi) is 7.32. The highest BCUT2D eigenvalue weighted by Gasteiger charge is 2.06. The number of aromatic nitrogens is 1. The molecule has 2 N–H and O–H groups in total. The van der Waals surface area contributed by atoms with Crippen molar-refractivity contribution in [2.45, 2.75) is 39.7 Å². The zero-order valence-corrected chi connectivity index (χ0v) is 12.2. The van der Waals surface area contributed by atoms with Gasteiger partial charge in [-0.25, -0.2) is 0 Å². The van der Waals surface area contributed by atoms with Crippen molar-refractivity contribution in [1.29, 1.82) is 0 Å². The molecule has 1 aromatic heterocycles. The van der Waals surface area contributed by atoms with Crippen molar-refractivity contribution in [3.63, 3.8) is 0 Å². The van der Waals surface area contributed by atoms with Crippen LogP contribution in [0.2, 0.25) is 0 Å². The van der Waals surface area contributed by atoms with Gasteiger partial charge in [-0.2, -0.15) is 0 Å². The second-order valence-electron chi connectivity index (χ2n) is 5.13. The van der Waals surface area contributed by atoms with Gasteiger partial charge in [0, 0.05) is 25.6 Å². The molecule has 1 aromatic rings. The Morgan fingerprint density at radius 3 is 2.45 bits per heavy atom. The summed E-state index contributed by atoms with van der Waals surface area (Å²) in [5.74, 6) is 0.366. The van der Waals surface area contributed by atoms with Crippen LogP contribution >= 0.6 is 0 Å². The van der Waals surface area contributed by atoms with Crippen LogP contribution in [0.3, 0.4) is 0 Å². The van der Waals surface area contributed by atoms with Crippen LogP contribution in [0.15, 0.2) is 24.4 Å². The summed E-state index contributed by atoms with van der Waals surface area (Å²) < 4.78 is 0. The molecule has 0 bridgehead atoms. The van der Waals surface area contributed by atoms with Crippen LogP contribution in [0.5, 0.6) is 0 Å². The van der Waals surface area contributed by atoms with Gasteiger partial charge in [0.25, 0.3) is 0 Å². The molecule has 0 fully saturated rings. The lowest BCUT2D eigenvalue weighted by Gasteiger charge is -2.07. The molecule has 2 amide bonds. The first-order chi connectivity index (χ1) is 9.58. The zero-order chi connectivity index (χ0) is 14.8. The predicted molar refractivity (Wildman–Crippen MR) is 77.8 cm³/mol. The minimum atomic E-state index is -0.130. The number of nitrogens with one attached hydrogen (secondary N) is 2. The van der Waals surface area contributed by atoms with Crippen molar-refractivity contribution in [2.75, 3.05) is 6.54 Å². The van der Waals surface area contributed by atoms with Crippen LogP contribution in [0.25, 0.3) is 0 Å². The van der Waals surface area contributed by atoms with Crippen LogP contribution < -0.4 is 10.6 Å². The molecule has 110 valence electrons. The van der Waals surface area contributed by atoms with Gasteiger partial charge in [0.05, 0.1) is 12.2 Å². The number of hydrogen-bond donors (Lipinski definition) is 2. The average molecular weight is 277 g/mol. The van der Waals surface area contributed by atoms with Gasteiger partial charge in [0.2, 0.25) is 11.8 Å². The Bertz CT molecular complexity index is 418. The van der Waals surface area contributed by atoms with Crippen LogP contribution in [-0.2, 0) is 16.1 Å². The summed E-state index contributed by atoms with van der Waals surface area (Å²) in [5, 5.41) is 5.56. The second kappa shape index (κ2) is 9.07. The molecule has 0 radical (unpaired) electrons. The summed E-state index contributed by atoms with van der Waals surface area (Å²) >= 11 is 0. The predicted octanol–water partition coefficient (Wildman–Crippen LogP) is 1.64. The van der Waals surface area contributed by atoms with E-state index in [0.29, 0.717) is 19.0 Å². The smallest absolute Gasteiger partial charge is 0.220 e. The van der Waals surface area contributed by atoms with Crippen LogP contribution in [0.1, 0.15) is 38.8 Å². The monoisotopic (exact) mass is 277 g/mol. The molecule has 0 saturated carbocycles. The Labute approximate surface area is 120 Å². The summed E-state index contributed by atoms with van der Waals surface area (Å²) in [6.45, 7) is 5.29. The fourth-order valence-corrected chi connectivity index (χ4v) is 1.60. The molecular weight excluding hydrogens is 254 g/mol. The standard InChI is InChI=1S/C15H23N3O2/c1-12(2)8-10-17-14(19)6-7-15(20)18-11-13-5-3-4-9-16-13/h3-5,9,12H,6-8,10-11H2,1-2H3,(H,17,19)(H,18,20). The molecular formula is C15H23N3O2. The minimum Gasteiger partial charge on any atom is -0.356 e. The van der Waals surface area contributed by atoms with Gasteiger partial charge >= 0.3 is 0 Å². The van der Waals surface area contributed by atoms with Crippen molar-refractivity contribution in [3.05, 3.63) is 30.1 Å². The van der Waals surface area contributed by atoms with E-state index < -0.39 is 0 Å². The topological polar surface area (TPSA) is 71.1 Å². The summed E-state index contributed by atoms with van der Waals surface area (Å²) in [6, 6.07) is 5.54. The van der Waals surface area contributed by atoms with Crippen molar-refractivity contribution in [3.8, 4) is 0 Å². The normalized spacial score (nSPS) is 10.3. The van der Waals surface area contributed by atoms with Gasteiger partial charge in [-0.3, -0.25) is 14.6 Å². The molecule has 1 rings (SSSR count). The number of nitrogens with zero attached hydrogens (tertiary/aromatic N) is 1. The first kappa shape index (κ1) is 16.1. The van der Waals surface area contributed by atoms with E-state index in [4.69, 9.17) is 0 Å². The lowest BCUT2D eigenvalue weighted by Crippen LogP contribution is -2.28. The second-order valence-corrected chi connectivity index (χ2v) is 5.13. The third-order valence-corrected chi connectivity index (χ3v) is 2.82. The Morgan fingerprint density at radius 2 is 1.85 bits per heavy atom. The van der Waals surface area contributed by atoms with Crippen molar-refractivity contribution in [2.24, 2.45) is 5.92 Å². The highest BCUT2D eigenvalue weighted by atomic mass is 16.2. The first-order valence-electron chi connectivity index (χ1n) is 7.01. The van der Waals surface area contributed by atoms with Crippen molar-refractivity contribution < 1.29 is 9.59 Å². The number of carbonyl (C=O) groups is 2. The van der Waals surface area contributed by atoms with Crippen LogP contribution in [0, 0.1) is 5.92 Å².